The van der Waals surface area contributed by atoms with Crippen molar-refractivity contribution in [3.05, 3.63) is 35.9 Å². The van der Waals surface area contributed by atoms with E-state index >= 15 is 0 Å². The lowest BCUT2D eigenvalue weighted by Crippen LogP contribution is -2.51. The van der Waals surface area contributed by atoms with Crippen molar-refractivity contribution in [3.8, 4) is 0 Å². The smallest absolute Gasteiger partial charge is 0.318 e. The van der Waals surface area contributed by atoms with E-state index in [0.29, 0.717) is 19.1 Å². The van der Waals surface area contributed by atoms with Crippen molar-refractivity contribution >= 4 is 11.9 Å². The number of likely N-dealkylation sites (tertiary alicyclic amines) is 1. The van der Waals surface area contributed by atoms with Crippen LogP contribution in [0.4, 0.5) is 4.79 Å². The first-order chi connectivity index (χ1) is 11.2. The fraction of sp³-hybridized carbons (Fsp3) is 0.556. The molecular weight excluding hydrogens is 290 g/mol. The summed E-state index contributed by atoms with van der Waals surface area (Å²) in [7, 11) is 0. The lowest BCUT2D eigenvalue weighted by Gasteiger charge is -2.25. The number of nitrogens with one attached hydrogen (secondary N) is 2. The Morgan fingerprint density at radius 3 is 2.52 bits per heavy atom. The maximum atomic E-state index is 12.5. The van der Waals surface area contributed by atoms with Gasteiger partial charge in [0.25, 0.3) is 0 Å². The van der Waals surface area contributed by atoms with Crippen molar-refractivity contribution < 1.29 is 9.59 Å². The molecule has 1 saturated carbocycles. The van der Waals surface area contributed by atoms with Gasteiger partial charge < -0.3 is 15.5 Å². The van der Waals surface area contributed by atoms with E-state index < -0.39 is 0 Å². The Kier molecular flexibility index (Phi) is 5.16. The Hall–Kier alpha value is -2.04. The minimum Gasteiger partial charge on any atom is -0.352 e. The van der Waals surface area contributed by atoms with E-state index in [9.17, 15) is 9.59 Å². The molecule has 3 rings (SSSR count). The van der Waals surface area contributed by atoms with Crippen LogP contribution in [-0.2, 0) is 11.3 Å². The fourth-order valence-corrected chi connectivity index (χ4v) is 3.52. The summed E-state index contributed by atoms with van der Waals surface area (Å²) in [5.41, 5.74) is 1.06. The van der Waals surface area contributed by atoms with Gasteiger partial charge in [-0.3, -0.25) is 4.79 Å². The Labute approximate surface area is 137 Å². The summed E-state index contributed by atoms with van der Waals surface area (Å²) in [6, 6.07) is 9.67. The average Bonchev–Trinajstić information content (AvgIpc) is 3.24. The van der Waals surface area contributed by atoms with Gasteiger partial charge >= 0.3 is 6.03 Å². The Morgan fingerprint density at radius 1 is 1.04 bits per heavy atom. The second-order valence-electron chi connectivity index (χ2n) is 6.49. The van der Waals surface area contributed by atoms with Gasteiger partial charge in [-0.05, 0) is 31.2 Å². The van der Waals surface area contributed by atoms with Crippen molar-refractivity contribution in [2.75, 3.05) is 6.54 Å². The molecule has 5 heteroatoms. The van der Waals surface area contributed by atoms with Crippen LogP contribution in [0.1, 0.15) is 44.1 Å². The number of carbonyl (C=O) groups is 2. The molecule has 2 aliphatic rings. The van der Waals surface area contributed by atoms with Gasteiger partial charge in [0.2, 0.25) is 5.91 Å². The largest absolute Gasteiger partial charge is 0.352 e. The average molecular weight is 315 g/mol. The Bertz CT molecular complexity index is 540. The highest BCUT2D eigenvalue weighted by atomic mass is 16.2. The minimum atomic E-state index is -0.314. The zero-order valence-corrected chi connectivity index (χ0v) is 13.5. The van der Waals surface area contributed by atoms with Gasteiger partial charge in [0.1, 0.15) is 6.04 Å². The zero-order chi connectivity index (χ0) is 16.1. The van der Waals surface area contributed by atoms with E-state index in [2.05, 4.69) is 10.6 Å². The lowest BCUT2D eigenvalue weighted by atomic mass is 10.1. The number of rotatable bonds is 4. The Morgan fingerprint density at radius 2 is 1.78 bits per heavy atom. The first kappa shape index (κ1) is 15.8. The molecule has 0 aromatic heterocycles. The van der Waals surface area contributed by atoms with Gasteiger partial charge in [0.05, 0.1) is 0 Å². The maximum absolute atomic E-state index is 12.5. The molecule has 0 radical (unpaired) electrons. The van der Waals surface area contributed by atoms with Crippen LogP contribution in [-0.4, -0.2) is 35.5 Å². The predicted molar refractivity (Wildman–Crippen MR) is 88.8 cm³/mol. The molecule has 1 atom stereocenters. The number of carbonyl (C=O) groups excluding carboxylic acids is 2. The molecule has 0 bridgehead atoms. The van der Waals surface area contributed by atoms with Gasteiger partial charge in [-0.2, -0.15) is 0 Å². The molecule has 3 amide bonds. The molecule has 1 saturated heterocycles. The lowest BCUT2D eigenvalue weighted by molar-refractivity contribution is -0.125. The molecule has 1 aliphatic heterocycles. The van der Waals surface area contributed by atoms with Crippen molar-refractivity contribution in [1.82, 2.24) is 15.5 Å². The highest BCUT2D eigenvalue weighted by Gasteiger charge is 2.35. The molecule has 124 valence electrons. The van der Waals surface area contributed by atoms with Crippen LogP contribution in [0.5, 0.6) is 0 Å². The zero-order valence-electron chi connectivity index (χ0n) is 13.5. The van der Waals surface area contributed by atoms with Gasteiger partial charge in [0.15, 0.2) is 0 Å². The van der Waals surface area contributed by atoms with Crippen molar-refractivity contribution in [2.45, 2.75) is 57.2 Å². The van der Waals surface area contributed by atoms with E-state index in [1.54, 1.807) is 4.90 Å². The van der Waals surface area contributed by atoms with Crippen LogP contribution in [0.15, 0.2) is 30.3 Å². The summed E-state index contributed by atoms with van der Waals surface area (Å²) in [6.07, 6.45) is 6.17. The highest BCUT2D eigenvalue weighted by Crippen LogP contribution is 2.21. The van der Waals surface area contributed by atoms with Crippen LogP contribution < -0.4 is 10.6 Å². The van der Waals surface area contributed by atoms with E-state index in [1.807, 2.05) is 30.3 Å². The number of hydrogen-bond acceptors (Lipinski definition) is 2. The van der Waals surface area contributed by atoms with E-state index in [-0.39, 0.29) is 18.0 Å². The van der Waals surface area contributed by atoms with Crippen LogP contribution in [0.2, 0.25) is 0 Å². The maximum Gasteiger partial charge on any atom is 0.318 e. The van der Waals surface area contributed by atoms with Crippen LogP contribution in [0.25, 0.3) is 0 Å². The number of urea groups is 1. The number of hydrogen-bond donors (Lipinski definition) is 2. The van der Waals surface area contributed by atoms with E-state index in [4.69, 9.17) is 0 Å². The molecule has 1 aromatic carbocycles. The molecular formula is C18H25N3O2. The van der Waals surface area contributed by atoms with Crippen LogP contribution in [0, 0.1) is 0 Å². The third-order valence-electron chi connectivity index (χ3n) is 4.80. The normalized spacial score (nSPS) is 21.4. The third-order valence-corrected chi connectivity index (χ3v) is 4.80. The fourth-order valence-electron chi connectivity index (χ4n) is 3.52. The summed E-state index contributed by atoms with van der Waals surface area (Å²) < 4.78 is 0. The van der Waals surface area contributed by atoms with Gasteiger partial charge in [-0.1, -0.05) is 43.2 Å². The molecule has 2 fully saturated rings. The molecule has 0 unspecified atom stereocenters. The summed E-state index contributed by atoms with van der Waals surface area (Å²) in [5, 5.41) is 6.05. The number of amides is 3. The molecule has 1 heterocycles. The second kappa shape index (κ2) is 7.49. The Balaban J connectivity index is 1.52. The first-order valence-corrected chi connectivity index (χ1v) is 8.63. The summed E-state index contributed by atoms with van der Waals surface area (Å²) in [4.78, 5) is 26.6. The van der Waals surface area contributed by atoms with Gasteiger partial charge in [0, 0.05) is 19.1 Å². The second-order valence-corrected chi connectivity index (χ2v) is 6.49. The molecule has 1 aromatic rings. The number of nitrogens with zero attached hydrogens (tertiary/aromatic N) is 1. The molecule has 2 N–H and O–H groups in total. The molecule has 1 aliphatic carbocycles. The third kappa shape index (κ3) is 4.03. The van der Waals surface area contributed by atoms with E-state index in [1.165, 1.54) is 12.8 Å². The van der Waals surface area contributed by atoms with E-state index in [0.717, 1.165) is 31.2 Å². The topological polar surface area (TPSA) is 61.4 Å². The van der Waals surface area contributed by atoms with Gasteiger partial charge in [-0.15, -0.1) is 0 Å². The van der Waals surface area contributed by atoms with Gasteiger partial charge in [-0.25, -0.2) is 4.79 Å². The standard InChI is InChI=1S/C18H25N3O2/c22-17(20-15-9-4-5-10-15)16-11-6-12-21(16)18(23)19-13-14-7-2-1-3-8-14/h1-3,7-8,15-16H,4-6,9-13H2,(H,19,23)(H,20,22)/t16-/m0/s1. The van der Waals surface area contributed by atoms with Crippen molar-refractivity contribution in [3.63, 3.8) is 0 Å². The predicted octanol–water partition coefficient (Wildman–Crippen LogP) is 2.42. The molecule has 23 heavy (non-hydrogen) atoms. The summed E-state index contributed by atoms with van der Waals surface area (Å²) in [5.74, 6) is 0.0178. The number of benzene rings is 1. The van der Waals surface area contributed by atoms with Crippen LogP contribution in [0.3, 0.4) is 0 Å². The van der Waals surface area contributed by atoms with Crippen LogP contribution >= 0.6 is 0 Å². The first-order valence-electron chi connectivity index (χ1n) is 8.63. The summed E-state index contributed by atoms with van der Waals surface area (Å²) in [6.45, 7) is 1.15. The minimum absolute atomic E-state index is 0.0178. The molecule has 5 nitrogen and oxygen atoms in total. The highest BCUT2D eigenvalue weighted by molar-refractivity contribution is 5.87. The SMILES string of the molecule is O=C(NC1CCCC1)[C@@H]1CCCN1C(=O)NCc1ccccc1. The summed E-state index contributed by atoms with van der Waals surface area (Å²) >= 11 is 0. The monoisotopic (exact) mass is 315 g/mol. The van der Waals surface area contributed by atoms with Crippen molar-refractivity contribution in [1.29, 1.82) is 0 Å². The molecule has 0 spiro atoms. The van der Waals surface area contributed by atoms with Crippen molar-refractivity contribution in [2.24, 2.45) is 0 Å². The quantitative estimate of drug-likeness (QED) is 0.896.